The molecular weight excluding hydrogens is 292 g/mol. The second-order valence-electron chi connectivity index (χ2n) is 5.02. The summed E-state index contributed by atoms with van der Waals surface area (Å²) in [6, 6.07) is 7.64. The second-order valence-corrected chi connectivity index (χ2v) is 8.03. The summed E-state index contributed by atoms with van der Waals surface area (Å²) in [5.74, 6) is 0. The summed E-state index contributed by atoms with van der Waals surface area (Å²) < 4.78 is 28.4. The third kappa shape index (κ3) is 2.26. The molecule has 1 aliphatic heterocycles. The predicted molar refractivity (Wildman–Crippen MR) is 82.3 cm³/mol. The minimum atomic E-state index is -3.42. The summed E-state index contributed by atoms with van der Waals surface area (Å²) in [7, 11) is -3.42. The van der Waals surface area contributed by atoms with Crippen LogP contribution in [-0.4, -0.2) is 25.8 Å². The van der Waals surface area contributed by atoms with Gasteiger partial charge in [0.15, 0.2) is 0 Å². The monoisotopic (exact) mass is 310 g/mol. The van der Waals surface area contributed by atoms with Gasteiger partial charge in [-0.25, -0.2) is 8.42 Å². The van der Waals surface area contributed by atoms with E-state index in [-0.39, 0.29) is 6.54 Å². The molecule has 108 valence electrons. The SMILES string of the molecule is NCc1sc2ccccc2c1S(=O)(=O)N1CCCCC1. The first-order chi connectivity index (χ1) is 9.64. The number of hydrogen-bond acceptors (Lipinski definition) is 4. The molecule has 2 N–H and O–H groups in total. The van der Waals surface area contributed by atoms with Crippen LogP contribution in [-0.2, 0) is 16.6 Å². The molecular formula is C14H18N2O2S2. The molecule has 2 aromatic rings. The normalized spacial score (nSPS) is 17.6. The Bertz CT molecular complexity index is 716. The molecule has 0 radical (unpaired) electrons. The average molecular weight is 310 g/mol. The van der Waals surface area contributed by atoms with E-state index in [1.54, 1.807) is 4.31 Å². The first kappa shape index (κ1) is 14.0. The van der Waals surface area contributed by atoms with E-state index < -0.39 is 10.0 Å². The van der Waals surface area contributed by atoms with Crippen LogP contribution in [0.4, 0.5) is 0 Å². The molecule has 0 unspecified atom stereocenters. The van der Waals surface area contributed by atoms with E-state index in [9.17, 15) is 8.42 Å². The average Bonchev–Trinajstić information content (AvgIpc) is 2.87. The number of hydrogen-bond donors (Lipinski definition) is 1. The van der Waals surface area contributed by atoms with Crippen LogP contribution in [0, 0.1) is 0 Å². The zero-order valence-corrected chi connectivity index (χ0v) is 12.8. The Hall–Kier alpha value is -0.950. The van der Waals surface area contributed by atoms with Crippen molar-refractivity contribution in [3.05, 3.63) is 29.1 Å². The molecule has 6 heteroatoms. The van der Waals surface area contributed by atoms with E-state index in [0.717, 1.165) is 34.2 Å². The molecule has 1 aromatic carbocycles. The molecule has 3 rings (SSSR count). The van der Waals surface area contributed by atoms with Gasteiger partial charge in [0.25, 0.3) is 0 Å². The minimum absolute atomic E-state index is 0.266. The summed E-state index contributed by atoms with van der Waals surface area (Å²) in [4.78, 5) is 1.19. The molecule has 0 atom stereocenters. The Morgan fingerprint density at radius 1 is 1.15 bits per heavy atom. The quantitative estimate of drug-likeness (QED) is 0.947. The minimum Gasteiger partial charge on any atom is -0.326 e. The molecule has 0 amide bonds. The standard InChI is InChI=1S/C14H18N2O2S2/c15-10-13-14(11-6-2-3-7-12(11)19-13)20(17,18)16-8-4-1-5-9-16/h2-3,6-7H,1,4-5,8-10,15H2. The van der Waals surface area contributed by atoms with Crippen LogP contribution < -0.4 is 5.73 Å². The van der Waals surface area contributed by atoms with Gasteiger partial charge in [-0.3, -0.25) is 0 Å². The van der Waals surface area contributed by atoms with Gasteiger partial charge >= 0.3 is 0 Å². The molecule has 20 heavy (non-hydrogen) atoms. The summed E-state index contributed by atoms with van der Waals surface area (Å²) in [6.45, 7) is 1.51. The Labute approximate surface area is 123 Å². The molecule has 4 nitrogen and oxygen atoms in total. The lowest BCUT2D eigenvalue weighted by Crippen LogP contribution is -2.36. The number of nitrogens with zero attached hydrogens (tertiary/aromatic N) is 1. The van der Waals surface area contributed by atoms with Crippen molar-refractivity contribution in [2.24, 2.45) is 5.73 Å². The highest BCUT2D eigenvalue weighted by atomic mass is 32.2. The molecule has 0 spiro atoms. The van der Waals surface area contributed by atoms with Crippen molar-refractivity contribution < 1.29 is 8.42 Å². The van der Waals surface area contributed by atoms with Gasteiger partial charge in [0.1, 0.15) is 4.90 Å². The first-order valence-corrected chi connectivity index (χ1v) is 9.11. The van der Waals surface area contributed by atoms with Crippen LogP contribution in [0.5, 0.6) is 0 Å². The van der Waals surface area contributed by atoms with Crippen LogP contribution in [0.3, 0.4) is 0 Å². The first-order valence-electron chi connectivity index (χ1n) is 6.85. The van der Waals surface area contributed by atoms with Gasteiger partial charge in [0.05, 0.1) is 0 Å². The molecule has 1 fully saturated rings. The highest BCUT2D eigenvalue weighted by Crippen LogP contribution is 2.36. The van der Waals surface area contributed by atoms with E-state index in [0.29, 0.717) is 18.0 Å². The maximum absolute atomic E-state index is 12.9. The molecule has 0 bridgehead atoms. The summed E-state index contributed by atoms with van der Waals surface area (Å²) >= 11 is 1.48. The van der Waals surface area contributed by atoms with Gasteiger partial charge in [-0.2, -0.15) is 4.31 Å². The van der Waals surface area contributed by atoms with E-state index in [4.69, 9.17) is 5.73 Å². The van der Waals surface area contributed by atoms with Gasteiger partial charge < -0.3 is 5.73 Å². The largest absolute Gasteiger partial charge is 0.326 e. The highest BCUT2D eigenvalue weighted by molar-refractivity contribution is 7.89. The summed E-state index contributed by atoms with van der Waals surface area (Å²) in [6.07, 6.45) is 3.00. The van der Waals surface area contributed by atoms with Crippen LogP contribution in [0.25, 0.3) is 10.1 Å². The van der Waals surface area contributed by atoms with Gasteiger partial charge in [0, 0.05) is 34.6 Å². The fraction of sp³-hybridized carbons (Fsp3) is 0.429. The van der Waals surface area contributed by atoms with Gasteiger partial charge in [0.2, 0.25) is 10.0 Å². The van der Waals surface area contributed by atoms with E-state index in [1.165, 1.54) is 11.3 Å². The maximum atomic E-state index is 12.9. The lowest BCUT2D eigenvalue weighted by Gasteiger charge is -2.26. The van der Waals surface area contributed by atoms with E-state index in [2.05, 4.69) is 0 Å². The third-order valence-corrected chi connectivity index (χ3v) is 7.07. The molecule has 1 aromatic heterocycles. The molecule has 1 aliphatic rings. The van der Waals surface area contributed by atoms with Gasteiger partial charge in [-0.15, -0.1) is 11.3 Å². The second kappa shape index (κ2) is 5.44. The predicted octanol–water partition coefficient (Wildman–Crippen LogP) is 2.53. The number of benzene rings is 1. The Morgan fingerprint density at radius 2 is 1.85 bits per heavy atom. The van der Waals surface area contributed by atoms with Crippen molar-refractivity contribution in [1.82, 2.24) is 4.31 Å². The number of thiophene rings is 1. The van der Waals surface area contributed by atoms with Crippen molar-refractivity contribution in [3.8, 4) is 0 Å². The van der Waals surface area contributed by atoms with Crippen molar-refractivity contribution in [1.29, 1.82) is 0 Å². The summed E-state index contributed by atoms with van der Waals surface area (Å²) in [5.41, 5.74) is 5.77. The van der Waals surface area contributed by atoms with E-state index >= 15 is 0 Å². The molecule has 0 aliphatic carbocycles. The van der Waals surface area contributed by atoms with Gasteiger partial charge in [-0.1, -0.05) is 24.6 Å². The third-order valence-electron chi connectivity index (χ3n) is 3.72. The van der Waals surface area contributed by atoms with Crippen molar-refractivity contribution in [2.45, 2.75) is 30.7 Å². The number of fused-ring (bicyclic) bond motifs is 1. The fourth-order valence-electron chi connectivity index (χ4n) is 2.72. The maximum Gasteiger partial charge on any atom is 0.244 e. The Morgan fingerprint density at radius 3 is 2.55 bits per heavy atom. The van der Waals surface area contributed by atoms with Crippen LogP contribution in [0.1, 0.15) is 24.1 Å². The summed E-state index contributed by atoms with van der Waals surface area (Å²) in [5, 5.41) is 0.809. The lowest BCUT2D eigenvalue weighted by molar-refractivity contribution is 0.347. The zero-order valence-electron chi connectivity index (χ0n) is 11.2. The molecule has 0 saturated carbocycles. The Balaban J connectivity index is 2.17. The number of sulfonamides is 1. The van der Waals surface area contributed by atoms with Crippen LogP contribution >= 0.6 is 11.3 Å². The zero-order chi connectivity index (χ0) is 14.2. The highest BCUT2D eigenvalue weighted by Gasteiger charge is 2.30. The van der Waals surface area contributed by atoms with E-state index in [1.807, 2.05) is 24.3 Å². The Kier molecular flexibility index (Phi) is 3.81. The van der Waals surface area contributed by atoms with Crippen molar-refractivity contribution in [3.63, 3.8) is 0 Å². The smallest absolute Gasteiger partial charge is 0.244 e. The van der Waals surface area contributed by atoms with Gasteiger partial charge in [-0.05, 0) is 18.9 Å². The fourth-order valence-corrected chi connectivity index (χ4v) is 6.03. The van der Waals surface area contributed by atoms with Crippen LogP contribution in [0.2, 0.25) is 0 Å². The number of rotatable bonds is 3. The number of piperidine rings is 1. The van der Waals surface area contributed by atoms with Crippen molar-refractivity contribution >= 4 is 31.4 Å². The molecule has 2 heterocycles. The molecule has 1 saturated heterocycles. The van der Waals surface area contributed by atoms with Crippen molar-refractivity contribution in [2.75, 3.05) is 13.1 Å². The lowest BCUT2D eigenvalue weighted by atomic mass is 10.2. The topological polar surface area (TPSA) is 63.4 Å². The number of nitrogens with two attached hydrogens (primary N) is 1. The van der Waals surface area contributed by atoms with Crippen LogP contribution in [0.15, 0.2) is 29.2 Å².